The van der Waals surface area contributed by atoms with Crippen molar-refractivity contribution in [3.05, 3.63) is 23.8 Å². The summed E-state index contributed by atoms with van der Waals surface area (Å²) in [5, 5.41) is 9.56. The minimum absolute atomic E-state index is 0.213. The molecule has 0 bridgehead atoms. The van der Waals surface area contributed by atoms with Gasteiger partial charge in [-0.1, -0.05) is 13.0 Å². The third-order valence-electron chi connectivity index (χ3n) is 3.60. The van der Waals surface area contributed by atoms with Crippen LogP contribution in [0.25, 0.3) is 0 Å². The molecule has 0 spiro atoms. The Morgan fingerprint density at radius 2 is 2.29 bits per heavy atom. The van der Waals surface area contributed by atoms with Gasteiger partial charge in [-0.3, -0.25) is 4.90 Å². The van der Waals surface area contributed by atoms with Crippen molar-refractivity contribution in [2.45, 2.75) is 38.8 Å². The lowest BCUT2D eigenvalue weighted by molar-refractivity contribution is 0.239. The van der Waals surface area contributed by atoms with Gasteiger partial charge in [0, 0.05) is 12.6 Å². The molecule has 94 valence electrons. The monoisotopic (exact) mass is 235 g/mol. The molecule has 3 nitrogen and oxygen atoms in total. The molecule has 1 saturated heterocycles. The van der Waals surface area contributed by atoms with Gasteiger partial charge in [0.1, 0.15) is 0 Å². The van der Waals surface area contributed by atoms with Gasteiger partial charge in [-0.15, -0.1) is 0 Å². The Kier molecular flexibility index (Phi) is 3.89. The molecule has 0 aliphatic carbocycles. The zero-order valence-corrected chi connectivity index (χ0v) is 10.6. The van der Waals surface area contributed by atoms with Crippen LogP contribution in [0.4, 0.5) is 0 Å². The van der Waals surface area contributed by atoms with Crippen LogP contribution in [0.2, 0.25) is 0 Å². The molecule has 1 atom stereocenters. The SMILES string of the molecule is CCC1CCCN1Cc1ccc(O)c(OC)c1. The largest absolute Gasteiger partial charge is 0.504 e. The van der Waals surface area contributed by atoms with Gasteiger partial charge in [0.2, 0.25) is 0 Å². The Balaban J connectivity index is 2.08. The number of aromatic hydroxyl groups is 1. The molecule has 0 amide bonds. The standard InChI is InChI=1S/C14H21NO2/c1-3-12-5-4-8-15(12)10-11-6-7-13(16)14(9-11)17-2/h6-7,9,12,16H,3-5,8,10H2,1-2H3. The number of hydrogen-bond donors (Lipinski definition) is 1. The van der Waals surface area contributed by atoms with Gasteiger partial charge in [0.15, 0.2) is 11.5 Å². The van der Waals surface area contributed by atoms with Gasteiger partial charge in [0.05, 0.1) is 7.11 Å². The van der Waals surface area contributed by atoms with E-state index < -0.39 is 0 Å². The molecule has 0 aromatic heterocycles. The summed E-state index contributed by atoms with van der Waals surface area (Å²) in [4.78, 5) is 2.52. The number of phenolic OH excluding ortho intramolecular Hbond substituents is 1. The average Bonchev–Trinajstić information content (AvgIpc) is 2.79. The number of hydrogen-bond acceptors (Lipinski definition) is 3. The van der Waals surface area contributed by atoms with E-state index in [4.69, 9.17) is 4.74 Å². The number of ether oxygens (including phenoxy) is 1. The highest BCUT2D eigenvalue weighted by Crippen LogP contribution is 2.28. The van der Waals surface area contributed by atoms with E-state index in [-0.39, 0.29) is 5.75 Å². The maximum atomic E-state index is 9.56. The van der Waals surface area contributed by atoms with Crippen LogP contribution in [-0.2, 0) is 6.54 Å². The first kappa shape index (κ1) is 12.2. The summed E-state index contributed by atoms with van der Waals surface area (Å²) in [6, 6.07) is 6.34. The minimum atomic E-state index is 0.213. The fourth-order valence-corrected chi connectivity index (χ4v) is 2.62. The highest BCUT2D eigenvalue weighted by Gasteiger charge is 2.22. The molecular weight excluding hydrogens is 214 g/mol. The first-order chi connectivity index (χ1) is 8.24. The number of rotatable bonds is 4. The molecule has 2 rings (SSSR count). The number of likely N-dealkylation sites (tertiary alicyclic amines) is 1. The molecule has 1 aliphatic rings. The van der Waals surface area contributed by atoms with Crippen molar-refractivity contribution in [3.63, 3.8) is 0 Å². The van der Waals surface area contributed by atoms with E-state index in [1.165, 1.54) is 31.4 Å². The third kappa shape index (κ3) is 2.72. The number of phenols is 1. The molecule has 1 fully saturated rings. The van der Waals surface area contributed by atoms with Crippen LogP contribution in [0.15, 0.2) is 18.2 Å². The third-order valence-corrected chi connectivity index (χ3v) is 3.60. The van der Waals surface area contributed by atoms with Gasteiger partial charge in [-0.25, -0.2) is 0 Å². The molecule has 0 radical (unpaired) electrons. The summed E-state index contributed by atoms with van der Waals surface area (Å²) in [7, 11) is 1.59. The quantitative estimate of drug-likeness (QED) is 0.871. The van der Waals surface area contributed by atoms with Gasteiger partial charge in [-0.2, -0.15) is 0 Å². The van der Waals surface area contributed by atoms with Gasteiger partial charge in [0.25, 0.3) is 0 Å². The Labute approximate surface area is 103 Å². The minimum Gasteiger partial charge on any atom is -0.504 e. The first-order valence-electron chi connectivity index (χ1n) is 6.34. The molecule has 1 aromatic rings. The summed E-state index contributed by atoms with van der Waals surface area (Å²) in [6.45, 7) is 4.39. The first-order valence-corrected chi connectivity index (χ1v) is 6.34. The Hall–Kier alpha value is -1.22. The summed E-state index contributed by atoms with van der Waals surface area (Å²) in [5.41, 5.74) is 1.21. The molecule has 3 heteroatoms. The van der Waals surface area contributed by atoms with E-state index in [0.29, 0.717) is 5.75 Å². The normalized spacial score (nSPS) is 20.7. The lowest BCUT2D eigenvalue weighted by Crippen LogP contribution is -2.28. The average molecular weight is 235 g/mol. The lowest BCUT2D eigenvalue weighted by atomic mass is 10.1. The van der Waals surface area contributed by atoms with E-state index in [9.17, 15) is 5.11 Å². The van der Waals surface area contributed by atoms with Crippen LogP contribution in [0, 0.1) is 0 Å². The van der Waals surface area contributed by atoms with Crippen molar-refractivity contribution in [1.29, 1.82) is 0 Å². The molecule has 1 heterocycles. The highest BCUT2D eigenvalue weighted by atomic mass is 16.5. The number of methoxy groups -OCH3 is 1. The van der Waals surface area contributed by atoms with Crippen LogP contribution in [-0.4, -0.2) is 29.7 Å². The molecule has 1 unspecified atom stereocenters. The molecule has 0 saturated carbocycles. The van der Waals surface area contributed by atoms with Gasteiger partial charge in [-0.05, 0) is 43.5 Å². The van der Waals surface area contributed by atoms with Crippen LogP contribution < -0.4 is 4.74 Å². The van der Waals surface area contributed by atoms with Crippen molar-refractivity contribution in [2.24, 2.45) is 0 Å². The smallest absolute Gasteiger partial charge is 0.160 e. The van der Waals surface area contributed by atoms with Crippen molar-refractivity contribution < 1.29 is 9.84 Å². The topological polar surface area (TPSA) is 32.7 Å². The van der Waals surface area contributed by atoms with E-state index in [1.54, 1.807) is 13.2 Å². The molecule has 17 heavy (non-hydrogen) atoms. The summed E-state index contributed by atoms with van der Waals surface area (Å²) in [5.74, 6) is 0.777. The number of benzene rings is 1. The van der Waals surface area contributed by atoms with E-state index in [1.807, 2.05) is 12.1 Å². The van der Waals surface area contributed by atoms with E-state index >= 15 is 0 Å². The van der Waals surface area contributed by atoms with Gasteiger partial charge < -0.3 is 9.84 Å². The maximum absolute atomic E-state index is 9.56. The van der Waals surface area contributed by atoms with E-state index in [0.717, 1.165) is 12.6 Å². The lowest BCUT2D eigenvalue weighted by Gasteiger charge is -2.23. The predicted molar refractivity (Wildman–Crippen MR) is 68.4 cm³/mol. The maximum Gasteiger partial charge on any atom is 0.160 e. The van der Waals surface area contributed by atoms with E-state index in [2.05, 4.69) is 11.8 Å². The second-order valence-corrected chi connectivity index (χ2v) is 4.68. The van der Waals surface area contributed by atoms with Crippen LogP contribution >= 0.6 is 0 Å². The number of nitrogens with zero attached hydrogens (tertiary/aromatic N) is 1. The molecule has 1 N–H and O–H groups in total. The van der Waals surface area contributed by atoms with Gasteiger partial charge >= 0.3 is 0 Å². The van der Waals surface area contributed by atoms with Crippen LogP contribution in [0.1, 0.15) is 31.7 Å². The summed E-state index contributed by atoms with van der Waals surface area (Å²) >= 11 is 0. The fraction of sp³-hybridized carbons (Fsp3) is 0.571. The summed E-state index contributed by atoms with van der Waals surface area (Å²) in [6.07, 6.45) is 3.83. The zero-order valence-electron chi connectivity index (χ0n) is 10.6. The van der Waals surface area contributed by atoms with Crippen molar-refractivity contribution >= 4 is 0 Å². The zero-order chi connectivity index (χ0) is 12.3. The Morgan fingerprint density at radius 1 is 1.47 bits per heavy atom. The van der Waals surface area contributed by atoms with Crippen LogP contribution in [0.3, 0.4) is 0 Å². The van der Waals surface area contributed by atoms with Crippen molar-refractivity contribution in [2.75, 3.05) is 13.7 Å². The second kappa shape index (κ2) is 5.41. The fourth-order valence-electron chi connectivity index (χ4n) is 2.62. The van der Waals surface area contributed by atoms with Crippen molar-refractivity contribution in [1.82, 2.24) is 4.90 Å². The summed E-state index contributed by atoms with van der Waals surface area (Å²) < 4.78 is 5.13. The molecule has 1 aromatic carbocycles. The van der Waals surface area contributed by atoms with Crippen molar-refractivity contribution in [3.8, 4) is 11.5 Å². The Bertz CT molecular complexity index is 378. The van der Waals surface area contributed by atoms with Crippen LogP contribution in [0.5, 0.6) is 11.5 Å². The molecular formula is C14H21NO2. The predicted octanol–water partition coefficient (Wildman–Crippen LogP) is 2.78. The highest BCUT2D eigenvalue weighted by molar-refractivity contribution is 5.41. The molecule has 1 aliphatic heterocycles. The second-order valence-electron chi connectivity index (χ2n) is 4.68. The Morgan fingerprint density at radius 3 is 3.00 bits per heavy atom.